The van der Waals surface area contributed by atoms with Crippen molar-refractivity contribution in [3.8, 4) is 0 Å². The van der Waals surface area contributed by atoms with Crippen LogP contribution in [0.4, 0.5) is 0 Å². The van der Waals surface area contributed by atoms with Crippen molar-refractivity contribution < 1.29 is 45.8 Å². The van der Waals surface area contributed by atoms with Crippen LogP contribution in [0.2, 0.25) is 0 Å². The van der Waals surface area contributed by atoms with Crippen LogP contribution in [0.5, 0.6) is 0 Å². The minimum Gasteiger partial charge on any atom is -0.460 e. The molecule has 1 N–H and O–H groups in total. The summed E-state index contributed by atoms with van der Waals surface area (Å²) in [5.41, 5.74) is -0.136. The third-order valence-electron chi connectivity index (χ3n) is 10.9. The number of benzene rings is 1. The van der Waals surface area contributed by atoms with Crippen LogP contribution in [0.1, 0.15) is 198 Å². The monoisotopic (exact) mass is 858 g/mol. The van der Waals surface area contributed by atoms with E-state index < -0.39 is 21.3 Å². The summed E-state index contributed by atoms with van der Waals surface area (Å²) >= 11 is 0. The molecule has 2 fully saturated rings. The Balaban J connectivity index is 0.000000280. The SMILES string of the molecule is CC(C)(C)OC(=O)C[C@@H](CCCC1CCCCC1)c1nc(CO)no1.Cc1ccc(S(=O)(=O)OCc2noc([C@H](CCCC3CCCCC3)CC(=O)OC(C)(C)C)n2)cc1. The van der Waals surface area contributed by atoms with Crippen LogP contribution in [-0.2, 0) is 46.6 Å². The summed E-state index contributed by atoms with van der Waals surface area (Å²) in [6.45, 7) is 12.4. The van der Waals surface area contributed by atoms with Gasteiger partial charge < -0.3 is 23.6 Å². The third kappa shape index (κ3) is 18.1. The number of esters is 2. The number of aromatic nitrogens is 4. The van der Waals surface area contributed by atoms with Crippen LogP contribution in [0, 0.1) is 18.8 Å². The Labute approximate surface area is 357 Å². The van der Waals surface area contributed by atoms with Crippen LogP contribution in [0.25, 0.3) is 0 Å². The molecular formula is C45H70N4O10S. The molecule has 2 aromatic heterocycles. The zero-order valence-electron chi connectivity index (χ0n) is 37.1. The lowest BCUT2D eigenvalue weighted by atomic mass is 9.84. The predicted octanol–water partition coefficient (Wildman–Crippen LogP) is 9.98. The molecule has 2 heterocycles. The van der Waals surface area contributed by atoms with Gasteiger partial charge in [-0.2, -0.15) is 18.4 Å². The van der Waals surface area contributed by atoms with Crippen molar-refractivity contribution in [1.82, 2.24) is 20.3 Å². The molecule has 0 radical (unpaired) electrons. The quantitative estimate of drug-likeness (QED) is 0.0884. The van der Waals surface area contributed by atoms with E-state index in [1.54, 1.807) is 12.1 Å². The molecule has 1 aromatic carbocycles. The molecule has 15 heteroatoms. The molecule has 60 heavy (non-hydrogen) atoms. The van der Waals surface area contributed by atoms with E-state index in [0.29, 0.717) is 11.8 Å². The molecule has 0 unspecified atom stereocenters. The Hall–Kier alpha value is -3.69. The highest BCUT2D eigenvalue weighted by Gasteiger charge is 2.28. The average Bonchev–Trinajstić information content (AvgIpc) is 3.87. The second kappa shape index (κ2) is 23.5. The molecule has 0 saturated heterocycles. The number of hydrogen-bond acceptors (Lipinski definition) is 14. The molecule has 0 aliphatic heterocycles. The van der Waals surface area contributed by atoms with Gasteiger partial charge in [0.05, 0.1) is 17.7 Å². The number of rotatable bonds is 19. The third-order valence-corrected chi connectivity index (χ3v) is 12.2. The molecule has 5 rings (SSSR count). The largest absolute Gasteiger partial charge is 0.460 e. The second-order valence-electron chi connectivity index (χ2n) is 18.6. The molecule has 0 amide bonds. The number of carbonyl (C=O) groups is 2. The molecule has 2 atom stereocenters. The van der Waals surface area contributed by atoms with Crippen molar-refractivity contribution in [3.63, 3.8) is 0 Å². The van der Waals surface area contributed by atoms with Crippen molar-refractivity contribution in [2.75, 3.05) is 0 Å². The fourth-order valence-electron chi connectivity index (χ4n) is 7.94. The maximum atomic E-state index is 12.5. The number of aliphatic hydroxyl groups is 1. The lowest BCUT2D eigenvalue weighted by Gasteiger charge is -2.23. The number of aryl methyl sites for hydroxylation is 1. The zero-order valence-corrected chi connectivity index (χ0v) is 37.9. The summed E-state index contributed by atoms with van der Waals surface area (Å²) in [5.74, 6) is 1.67. The Kier molecular flexibility index (Phi) is 19.2. The van der Waals surface area contributed by atoms with Crippen LogP contribution >= 0.6 is 0 Å². The Bertz CT molecular complexity index is 1830. The maximum Gasteiger partial charge on any atom is 0.307 e. The minimum atomic E-state index is -3.95. The first kappa shape index (κ1) is 49.0. The molecule has 336 valence electrons. The fraction of sp³-hybridized carbons (Fsp3) is 0.733. The lowest BCUT2D eigenvalue weighted by molar-refractivity contribution is -0.156. The van der Waals surface area contributed by atoms with E-state index in [-0.39, 0.29) is 66.4 Å². The molecule has 0 spiro atoms. The summed E-state index contributed by atoms with van der Waals surface area (Å²) in [4.78, 5) is 33.4. The Morgan fingerprint density at radius 2 is 1.15 bits per heavy atom. The molecule has 0 bridgehead atoms. The molecule has 2 saturated carbocycles. The normalized spacial score (nSPS) is 16.7. The van der Waals surface area contributed by atoms with Gasteiger partial charge in [-0.1, -0.05) is 118 Å². The number of hydrogen-bond donors (Lipinski definition) is 1. The summed E-state index contributed by atoms with van der Waals surface area (Å²) in [6, 6.07) is 6.40. The van der Waals surface area contributed by atoms with Gasteiger partial charge in [0.1, 0.15) is 24.4 Å². The highest BCUT2D eigenvalue weighted by molar-refractivity contribution is 7.86. The molecule has 2 aliphatic carbocycles. The van der Waals surface area contributed by atoms with Gasteiger partial charge in [-0.05, 0) is 85.3 Å². The Morgan fingerprint density at radius 1 is 0.717 bits per heavy atom. The number of ether oxygens (including phenoxy) is 2. The maximum absolute atomic E-state index is 12.5. The van der Waals surface area contributed by atoms with Crippen LogP contribution in [0.15, 0.2) is 38.2 Å². The van der Waals surface area contributed by atoms with Gasteiger partial charge in [0.2, 0.25) is 11.8 Å². The highest BCUT2D eigenvalue weighted by Crippen LogP contribution is 2.33. The van der Waals surface area contributed by atoms with Crippen LogP contribution in [0.3, 0.4) is 0 Å². The van der Waals surface area contributed by atoms with E-state index in [2.05, 4.69) is 20.3 Å². The highest BCUT2D eigenvalue weighted by atomic mass is 32.2. The van der Waals surface area contributed by atoms with Crippen LogP contribution < -0.4 is 0 Å². The predicted molar refractivity (Wildman–Crippen MR) is 225 cm³/mol. The first-order valence-corrected chi connectivity index (χ1v) is 23.5. The zero-order chi connectivity index (χ0) is 43.8. The second-order valence-corrected chi connectivity index (χ2v) is 20.2. The molecular weight excluding hydrogens is 789 g/mol. The summed E-state index contributed by atoms with van der Waals surface area (Å²) in [6.07, 6.45) is 19.4. The van der Waals surface area contributed by atoms with Gasteiger partial charge >= 0.3 is 11.9 Å². The van der Waals surface area contributed by atoms with E-state index in [1.165, 1.54) is 82.8 Å². The summed E-state index contributed by atoms with van der Waals surface area (Å²) < 4.78 is 51.7. The van der Waals surface area contributed by atoms with Gasteiger partial charge in [-0.25, -0.2) is 0 Å². The number of nitrogens with zero attached hydrogens (tertiary/aromatic N) is 4. The number of carbonyl (C=O) groups excluding carboxylic acids is 2. The lowest BCUT2D eigenvalue weighted by Crippen LogP contribution is -2.25. The van der Waals surface area contributed by atoms with Crippen molar-refractivity contribution in [1.29, 1.82) is 0 Å². The van der Waals surface area contributed by atoms with Gasteiger partial charge in [0, 0.05) is 11.8 Å². The van der Waals surface area contributed by atoms with Crippen molar-refractivity contribution in [3.05, 3.63) is 53.3 Å². The van der Waals surface area contributed by atoms with Crippen LogP contribution in [-0.4, -0.2) is 56.9 Å². The fourth-order valence-corrected chi connectivity index (χ4v) is 8.81. The average molecular weight is 859 g/mol. The first-order chi connectivity index (χ1) is 28.4. The van der Waals surface area contributed by atoms with Crippen molar-refractivity contribution in [2.24, 2.45) is 11.8 Å². The van der Waals surface area contributed by atoms with E-state index in [9.17, 15) is 18.0 Å². The van der Waals surface area contributed by atoms with Crippen molar-refractivity contribution >= 4 is 22.1 Å². The van der Waals surface area contributed by atoms with Crippen molar-refractivity contribution in [2.45, 2.75) is 205 Å². The molecule has 2 aliphatic rings. The van der Waals surface area contributed by atoms with Gasteiger partial charge in [0.25, 0.3) is 10.1 Å². The van der Waals surface area contributed by atoms with E-state index in [0.717, 1.165) is 49.5 Å². The smallest absolute Gasteiger partial charge is 0.307 e. The topological polar surface area (TPSA) is 194 Å². The van der Waals surface area contributed by atoms with Gasteiger partial charge in [0.15, 0.2) is 11.6 Å². The summed E-state index contributed by atoms with van der Waals surface area (Å²) in [7, 11) is -3.95. The van der Waals surface area contributed by atoms with Gasteiger partial charge in [-0.15, -0.1) is 0 Å². The first-order valence-electron chi connectivity index (χ1n) is 22.0. The minimum absolute atomic E-state index is 0.0670. The standard InChI is InChI=1S/C26H38N2O6S.C19H32N2O4/c1-19-13-15-22(16-14-19)35(30,31)32-18-23-27-25(34-28-23)21(17-24(29)33-26(2,3)4)12-8-11-20-9-6-5-7-10-20;1-19(2,3)24-17(23)12-15(18-20-16(13-22)21-25-18)11-7-10-14-8-5-4-6-9-14/h13-16,20-21H,5-12,17-18H2,1-4H3;14-15,22H,4-13H2,1-3H3/t21-;15-/m11/s1. The van der Waals surface area contributed by atoms with E-state index in [1.807, 2.05) is 48.5 Å². The molecule has 14 nitrogen and oxygen atoms in total. The van der Waals surface area contributed by atoms with E-state index in [4.69, 9.17) is 27.8 Å². The molecule has 3 aromatic rings. The number of aliphatic hydroxyl groups excluding tert-OH is 1. The summed E-state index contributed by atoms with van der Waals surface area (Å²) in [5, 5.41) is 16.8. The van der Waals surface area contributed by atoms with Gasteiger partial charge in [-0.3, -0.25) is 13.8 Å². The van der Waals surface area contributed by atoms with E-state index >= 15 is 0 Å². The Morgan fingerprint density at radius 3 is 1.57 bits per heavy atom.